The summed E-state index contributed by atoms with van der Waals surface area (Å²) in [4.78, 5) is 4.62. The van der Waals surface area contributed by atoms with Gasteiger partial charge >= 0.3 is 0 Å². The van der Waals surface area contributed by atoms with Crippen molar-refractivity contribution in [3.8, 4) is 5.75 Å². The van der Waals surface area contributed by atoms with Crippen molar-refractivity contribution in [1.82, 2.24) is 4.98 Å². The van der Waals surface area contributed by atoms with E-state index in [1.54, 1.807) is 7.11 Å². The first-order valence-electron chi connectivity index (χ1n) is 5.50. The van der Waals surface area contributed by atoms with Gasteiger partial charge in [0.15, 0.2) is 0 Å². The van der Waals surface area contributed by atoms with Gasteiger partial charge in [-0.3, -0.25) is 0 Å². The number of ether oxygens (including phenoxy) is 1. The highest BCUT2D eigenvalue weighted by atomic mass is 16.5. The molecule has 0 fully saturated rings. The highest BCUT2D eigenvalue weighted by Crippen LogP contribution is 2.29. The number of aromatic nitrogens is 1. The molecule has 3 nitrogen and oxygen atoms in total. The molecule has 1 atom stereocenters. The fourth-order valence-electron chi connectivity index (χ4n) is 2.21. The van der Waals surface area contributed by atoms with E-state index in [-0.39, 0.29) is 0 Å². The quantitative estimate of drug-likeness (QED) is 0.792. The highest BCUT2D eigenvalue weighted by Gasteiger charge is 2.18. The number of hydrogen-bond donors (Lipinski definition) is 1. The fourth-order valence-corrected chi connectivity index (χ4v) is 2.21. The molecule has 0 aliphatic carbocycles. The van der Waals surface area contributed by atoms with Crippen LogP contribution in [0.15, 0.2) is 24.3 Å². The number of nitrogens with zero attached hydrogens (tertiary/aromatic N) is 1. The van der Waals surface area contributed by atoms with Crippen molar-refractivity contribution in [2.24, 2.45) is 0 Å². The Kier molecular flexibility index (Phi) is 1.99. The van der Waals surface area contributed by atoms with Gasteiger partial charge in [-0.05, 0) is 37.1 Å². The van der Waals surface area contributed by atoms with Crippen molar-refractivity contribution >= 4 is 16.7 Å². The largest absolute Gasteiger partial charge is 0.497 e. The lowest BCUT2D eigenvalue weighted by Crippen LogP contribution is -2.08. The molecule has 1 N–H and O–H groups in total. The standard InChI is InChI=1S/C13H14N2O/c1-8-5-10-6-9-3-4-11(16-2)7-12(9)15-13(10)14-8/h3-4,6-8H,5H2,1-2H3,(H,14,15). The Balaban J connectivity index is 2.18. The summed E-state index contributed by atoms with van der Waals surface area (Å²) in [5.41, 5.74) is 2.30. The van der Waals surface area contributed by atoms with Crippen LogP contribution in [0.2, 0.25) is 0 Å². The summed E-state index contributed by atoms with van der Waals surface area (Å²) >= 11 is 0. The van der Waals surface area contributed by atoms with Gasteiger partial charge in [-0.25, -0.2) is 4.98 Å². The molecule has 3 heteroatoms. The van der Waals surface area contributed by atoms with Gasteiger partial charge in [0.05, 0.1) is 12.6 Å². The van der Waals surface area contributed by atoms with Gasteiger partial charge in [0.25, 0.3) is 0 Å². The maximum atomic E-state index is 5.20. The minimum absolute atomic E-state index is 0.487. The molecule has 2 heterocycles. The van der Waals surface area contributed by atoms with Crippen LogP contribution in [-0.4, -0.2) is 18.1 Å². The maximum Gasteiger partial charge on any atom is 0.130 e. The summed E-state index contributed by atoms with van der Waals surface area (Å²) in [7, 11) is 1.68. The number of anilines is 1. The van der Waals surface area contributed by atoms with Crippen LogP contribution < -0.4 is 10.1 Å². The van der Waals surface area contributed by atoms with E-state index >= 15 is 0 Å². The van der Waals surface area contributed by atoms with Gasteiger partial charge in [-0.2, -0.15) is 0 Å². The lowest BCUT2D eigenvalue weighted by molar-refractivity contribution is 0.415. The molecule has 82 valence electrons. The van der Waals surface area contributed by atoms with Gasteiger partial charge in [-0.15, -0.1) is 0 Å². The van der Waals surface area contributed by atoms with Crippen molar-refractivity contribution in [3.05, 3.63) is 29.8 Å². The predicted molar refractivity (Wildman–Crippen MR) is 65.1 cm³/mol. The van der Waals surface area contributed by atoms with Crippen molar-refractivity contribution in [2.75, 3.05) is 12.4 Å². The van der Waals surface area contributed by atoms with Crippen LogP contribution in [-0.2, 0) is 6.42 Å². The molecule has 0 radical (unpaired) electrons. The molecule has 0 spiro atoms. The van der Waals surface area contributed by atoms with Crippen molar-refractivity contribution in [2.45, 2.75) is 19.4 Å². The third kappa shape index (κ3) is 1.40. The first-order chi connectivity index (χ1) is 7.76. The molecule has 1 aliphatic heterocycles. The number of pyridine rings is 1. The van der Waals surface area contributed by atoms with E-state index in [4.69, 9.17) is 4.74 Å². The molecule has 1 aliphatic rings. The van der Waals surface area contributed by atoms with Crippen LogP contribution in [0, 0.1) is 0 Å². The van der Waals surface area contributed by atoms with Crippen LogP contribution in [0.25, 0.3) is 10.9 Å². The predicted octanol–water partition coefficient (Wildman–Crippen LogP) is 2.60. The monoisotopic (exact) mass is 214 g/mol. The Morgan fingerprint density at radius 2 is 2.25 bits per heavy atom. The molecule has 1 aromatic carbocycles. The lowest BCUT2D eigenvalue weighted by atomic mass is 10.1. The van der Waals surface area contributed by atoms with Crippen LogP contribution in [0.1, 0.15) is 12.5 Å². The molecular formula is C13H14N2O. The number of benzene rings is 1. The Hall–Kier alpha value is -1.77. The number of methoxy groups -OCH3 is 1. The van der Waals surface area contributed by atoms with E-state index in [9.17, 15) is 0 Å². The van der Waals surface area contributed by atoms with Gasteiger partial charge < -0.3 is 10.1 Å². The third-order valence-electron chi connectivity index (χ3n) is 3.01. The zero-order chi connectivity index (χ0) is 11.1. The summed E-state index contributed by atoms with van der Waals surface area (Å²) in [6.07, 6.45) is 1.06. The number of fused-ring (bicyclic) bond motifs is 2. The van der Waals surface area contributed by atoms with E-state index in [1.807, 2.05) is 12.1 Å². The zero-order valence-electron chi connectivity index (χ0n) is 9.45. The SMILES string of the molecule is COc1ccc2cc3c(nc2c1)NC(C)C3. The summed E-state index contributed by atoms with van der Waals surface area (Å²) in [6.45, 7) is 2.17. The van der Waals surface area contributed by atoms with E-state index in [2.05, 4.69) is 29.4 Å². The van der Waals surface area contributed by atoms with Gasteiger partial charge in [0, 0.05) is 17.5 Å². The second kappa shape index (κ2) is 3.37. The Labute approximate surface area is 94.5 Å². The Morgan fingerprint density at radius 3 is 3.06 bits per heavy atom. The molecule has 3 rings (SSSR count). The second-order valence-electron chi connectivity index (χ2n) is 4.30. The molecule has 16 heavy (non-hydrogen) atoms. The average Bonchev–Trinajstić information content (AvgIpc) is 2.64. The molecule has 1 aromatic heterocycles. The van der Waals surface area contributed by atoms with Gasteiger partial charge in [0.2, 0.25) is 0 Å². The summed E-state index contributed by atoms with van der Waals surface area (Å²) < 4.78 is 5.20. The Bertz CT molecular complexity index is 551. The molecule has 1 unspecified atom stereocenters. The average molecular weight is 214 g/mol. The molecule has 0 saturated heterocycles. The number of hydrogen-bond acceptors (Lipinski definition) is 3. The first-order valence-corrected chi connectivity index (χ1v) is 5.50. The van der Waals surface area contributed by atoms with Crippen LogP contribution in [0.4, 0.5) is 5.82 Å². The van der Waals surface area contributed by atoms with E-state index in [0.29, 0.717) is 6.04 Å². The number of rotatable bonds is 1. The number of nitrogens with one attached hydrogen (secondary N) is 1. The van der Waals surface area contributed by atoms with Crippen molar-refractivity contribution in [3.63, 3.8) is 0 Å². The van der Waals surface area contributed by atoms with Crippen molar-refractivity contribution < 1.29 is 4.74 Å². The Morgan fingerprint density at radius 1 is 1.38 bits per heavy atom. The molecule has 0 amide bonds. The molecule has 0 bridgehead atoms. The van der Waals surface area contributed by atoms with E-state index in [1.165, 1.54) is 10.9 Å². The van der Waals surface area contributed by atoms with Crippen molar-refractivity contribution in [1.29, 1.82) is 0 Å². The molecular weight excluding hydrogens is 200 g/mol. The second-order valence-corrected chi connectivity index (χ2v) is 4.30. The smallest absolute Gasteiger partial charge is 0.130 e. The fraction of sp³-hybridized carbons (Fsp3) is 0.308. The highest BCUT2D eigenvalue weighted by molar-refractivity contribution is 5.83. The summed E-state index contributed by atoms with van der Waals surface area (Å²) in [5, 5.41) is 4.55. The topological polar surface area (TPSA) is 34.1 Å². The minimum Gasteiger partial charge on any atom is -0.497 e. The van der Waals surface area contributed by atoms with Gasteiger partial charge in [0.1, 0.15) is 11.6 Å². The van der Waals surface area contributed by atoms with Crippen LogP contribution in [0.3, 0.4) is 0 Å². The third-order valence-corrected chi connectivity index (χ3v) is 3.01. The molecule has 2 aromatic rings. The van der Waals surface area contributed by atoms with E-state index in [0.717, 1.165) is 23.5 Å². The lowest BCUT2D eigenvalue weighted by Gasteiger charge is -2.05. The summed E-state index contributed by atoms with van der Waals surface area (Å²) in [6, 6.07) is 8.71. The first kappa shape index (κ1) is 9.46. The van der Waals surface area contributed by atoms with Gasteiger partial charge in [-0.1, -0.05) is 0 Å². The normalized spacial score (nSPS) is 18.2. The molecule has 0 saturated carbocycles. The van der Waals surface area contributed by atoms with E-state index < -0.39 is 0 Å². The van der Waals surface area contributed by atoms with Crippen LogP contribution in [0.5, 0.6) is 5.75 Å². The maximum absolute atomic E-state index is 5.20. The summed E-state index contributed by atoms with van der Waals surface area (Å²) in [5.74, 6) is 1.87. The zero-order valence-corrected chi connectivity index (χ0v) is 9.45. The van der Waals surface area contributed by atoms with Crippen LogP contribution >= 0.6 is 0 Å². The minimum atomic E-state index is 0.487.